The van der Waals surface area contributed by atoms with E-state index >= 15 is 0 Å². The van der Waals surface area contributed by atoms with Crippen molar-refractivity contribution in [2.75, 3.05) is 20.3 Å². The van der Waals surface area contributed by atoms with Crippen molar-refractivity contribution < 1.29 is 14.3 Å². The molecule has 0 aromatic rings. The molecule has 0 N–H and O–H groups in total. The van der Waals surface area contributed by atoms with Crippen LogP contribution in [0.3, 0.4) is 0 Å². The normalized spacial score (nSPS) is 13.8. The van der Waals surface area contributed by atoms with Crippen molar-refractivity contribution in [3.05, 3.63) is 0 Å². The molecule has 3 nitrogen and oxygen atoms in total. The minimum absolute atomic E-state index is 0.0835. The van der Waals surface area contributed by atoms with E-state index < -0.39 is 3.79 Å². The number of ether oxygens (including phenoxy) is 2. The highest BCUT2D eigenvalue weighted by atomic mass is 35.6. The third-order valence-electron chi connectivity index (χ3n) is 1.58. The third kappa shape index (κ3) is 6.71. The van der Waals surface area contributed by atoms with Crippen LogP contribution in [0, 0.1) is 5.92 Å². The minimum Gasteiger partial charge on any atom is -0.463 e. The second-order valence-electron chi connectivity index (χ2n) is 2.86. The van der Waals surface area contributed by atoms with Gasteiger partial charge in [-0.3, -0.25) is 4.79 Å². The van der Waals surface area contributed by atoms with Gasteiger partial charge in [0.25, 0.3) is 0 Å². The molecule has 0 heterocycles. The first kappa shape index (κ1) is 14.3. The first-order valence-electron chi connectivity index (χ1n) is 4.09. The zero-order chi connectivity index (χ0) is 11.2. The van der Waals surface area contributed by atoms with Gasteiger partial charge in [-0.25, -0.2) is 0 Å². The molecule has 6 heteroatoms. The predicted molar refractivity (Wildman–Crippen MR) is 56.9 cm³/mol. The fraction of sp³-hybridized carbons (Fsp3) is 0.875. The van der Waals surface area contributed by atoms with Crippen LogP contribution < -0.4 is 0 Å². The minimum atomic E-state index is -1.43. The fourth-order valence-corrected chi connectivity index (χ4v) is 0.895. The van der Waals surface area contributed by atoms with Crippen LogP contribution in [0.15, 0.2) is 0 Å². The number of alkyl halides is 3. The van der Waals surface area contributed by atoms with Crippen LogP contribution in [0.1, 0.15) is 13.3 Å². The lowest BCUT2D eigenvalue weighted by atomic mass is 10.1. The highest BCUT2D eigenvalue weighted by Crippen LogP contribution is 2.36. The summed E-state index contributed by atoms with van der Waals surface area (Å²) in [7, 11) is 1.53. The van der Waals surface area contributed by atoms with Gasteiger partial charge >= 0.3 is 5.97 Å². The zero-order valence-corrected chi connectivity index (χ0v) is 10.3. The van der Waals surface area contributed by atoms with Gasteiger partial charge in [0.2, 0.25) is 0 Å². The second-order valence-corrected chi connectivity index (χ2v) is 5.23. The molecule has 0 bridgehead atoms. The number of methoxy groups -OCH3 is 1. The number of carbonyl (C=O) groups excluding carboxylic acids is 1. The van der Waals surface area contributed by atoms with E-state index in [0.29, 0.717) is 6.61 Å². The van der Waals surface area contributed by atoms with E-state index in [0.717, 1.165) is 0 Å². The summed E-state index contributed by atoms with van der Waals surface area (Å²) in [4.78, 5) is 11.1. The Balaban J connectivity index is 3.72. The van der Waals surface area contributed by atoms with E-state index in [-0.39, 0.29) is 24.9 Å². The van der Waals surface area contributed by atoms with Crippen LogP contribution in [0.2, 0.25) is 0 Å². The maximum absolute atomic E-state index is 11.1. The second kappa shape index (κ2) is 6.72. The van der Waals surface area contributed by atoms with Gasteiger partial charge in [-0.1, -0.05) is 41.7 Å². The van der Waals surface area contributed by atoms with Crippen LogP contribution >= 0.6 is 34.8 Å². The van der Waals surface area contributed by atoms with Crippen molar-refractivity contribution in [1.29, 1.82) is 0 Å². The average molecular weight is 264 g/mol. The summed E-state index contributed by atoms with van der Waals surface area (Å²) in [5.41, 5.74) is 0. The van der Waals surface area contributed by atoms with Gasteiger partial charge in [-0.2, -0.15) is 0 Å². The smallest absolute Gasteiger partial charge is 0.306 e. The van der Waals surface area contributed by atoms with Crippen molar-refractivity contribution in [3.8, 4) is 0 Å². The molecule has 84 valence electrons. The Labute approximate surface area is 98.6 Å². The topological polar surface area (TPSA) is 35.5 Å². The third-order valence-corrected chi connectivity index (χ3v) is 2.70. The summed E-state index contributed by atoms with van der Waals surface area (Å²) in [6.45, 7) is 2.26. The monoisotopic (exact) mass is 262 g/mol. The molecule has 0 aliphatic carbocycles. The van der Waals surface area contributed by atoms with Crippen LogP contribution in [0.4, 0.5) is 0 Å². The Morgan fingerprint density at radius 2 is 1.93 bits per heavy atom. The van der Waals surface area contributed by atoms with Crippen molar-refractivity contribution in [2.24, 2.45) is 5.92 Å². The molecule has 1 atom stereocenters. The molecule has 0 rings (SSSR count). The Morgan fingerprint density at radius 3 is 2.36 bits per heavy atom. The van der Waals surface area contributed by atoms with Crippen LogP contribution in [-0.2, 0) is 14.3 Å². The molecule has 0 amide bonds. The summed E-state index contributed by atoms with van der Waals surface area (Å²) < 4.78 is 8.09. The maximum Gasteiger partial charge on any atom is 0.306 e. The van der Waals surface area contributed by atoms with Crippen LogP contribution in [0.25, 0.3) is 0 Å². The molecule has 1 unspecified atom stereocenters. The average Bonchev–Trinajstić information content (AvgIpc) is 2.03. The number of rotatable bonds is 5. The van der Waals surface area contributed by atoms with E-state index in [4.69, 9.17) is 44.3 Å². The molecule has 14 heavy (non-hydrogen) atoms. The SMILES string of the molecule is COCCOC(=O)CC(C)C(Cl)(Cl)Cl. The standard InChI is InChI=1S/C8H13Cl3O3/c1-6(8(9,10)11)5-7(12)14-4-3-13-2/h6H,3-5H2,1-2H3. The van der Waals surface area contributed by atoms with Crippen LogP contribution in [-0.4, -0.2) is 30.1 Å². The molecular weight excluding hydrogens is 250 g/mol. The molecule has 0 aliphatic rings. The lowest BCUT2D eigenvalue weighted by Crippen LogP contribution is -2.21. The number of hydrogen-bond acceptors (Lipinski definition) is 3. The molecular formula is C8H13Cl3O3. The summed E-state index contributed by atoms with van der Waals surface area (Å²) in [6, 6.07) is 0. The van der Waals surface area contributed by atoms with E-state index in [1.807, 2.05) is 0 Å². The first-order valence-corrected chi connectivity index (χ1v) is 5.22. The van der Waals surface area contributed by atoms with Gasteiger partial charge in [-0.15, -0.1) is 0 Å². The van der Waals surface area contributed by atoms with Gasteiger partial charge in [0.15, 0.2) is 3.79 Å². The van der Waals surface area contributed by atoms with E-state index in [1.165, 1.54) is 7.11 Å². The zero-order valence-electron chi connectivity index (χ0n) is 8.06. The molecule has 0 fully saturated rings. The summed E-state index contributed by atoms with van der Waals surface area (Å²) in [6.07, 6.45) is 0.0835. The number of halogens is 3. The highest BCUT2D eigenvalue weighted by Gasteiger charge is 2.30. The summed E-state index contributed by atoms with van der Waals surface area (Å²) in [5, 5.41) is 0. The number of hydrogen-bond donors (Lipinski definition) is 0. The summed E-state index contributed by atoms with van der Waals surface area (Å²) in [5.74, 6) is -0.761. The Kier molecular flexibility index (Phi) is 6.87. The Bertz CT molecular complexity index is 179. The number of esters is 1. The van der Waals surface area contributed by atoms with Crippen molar-refractivity contribution in [3.63, 3.8) is 0 Å². The van der Waals surface area contributed by atoms with Crippen molar-refractivity contribution >= 4 is 40.8 Å². The molecule has 0 spiro atoms. The molecule has 0 aromatic carbocycles. The van der Waals surface area contributed by atoms with E-state index in [1.54, 1.807) is 6.92 Å². The Morgan fingerprint density at radius 1 is 1.36 bits per heavy atom. The van der Waals surface area contributed by atoms with Gasteiger partial charge in [-0.05, 0) is 0 Å². The summed E-state index contributed by atoms with van der Waals surface area (Å²) >= 11 is 16.8. The largest absolute Gasteiger partial charge is 0.463 e. The van der Waals surface area contributed by atoms with Gasteiger partial charge in [0.1, 0.15) is 6.61 Å². The van der Waals surface area contributed by atoms with Gasteiger partial charge in [0, 0.05) is 13.0 Å². The fourth-order valence-electron chi connectivity index (χ4n) is 0.663. The number of carbonyl (C=O) groups is 1. The molecule has 0 saturated carbocycles. The molecule has 0 aliphatic heterocycles. The predicted octanol–water partition coefficient (Wildman–Crippen LogP) is 2.57. The van der Waals surface area contributed by atoms with Gasteiger partial charge in [0.05, 0.1) is 13.0 Å². The Hall–Kier alpha value is 0.300. The maximum atomic E-state index is 11.1. The van der Waals surface area contributed by atoms with E-state index in [9.17, 15) is 4.79 Å². The molecule has 0 saturated heterocycles. The van der Waals surface area contributed by atoms with Crippen LogP contribution in [0.5, 0.6) is 0 Å². The van der Waals surface area contributed by atoms with Crippen molar-refractivity contribution in [1.82, 2.24) is 0 Å². The van der Waals surface area contributed by atoms with E-state index in [2.05, 4.69) is 0 Å². The molecule has 0 aromatic heterocycles. The van der Waals surface area contributed by atoms with Gasteiger partial charge < -0.3 is 9.47 Å². The van der Waals surface area contributed by atoms with Crippen molar-refractivity contribution in [2.45, 2.75) is 17.1 Å². The lowest BCUT2D eigenvalue weighted by molar-refractivity contribution is -0.145. The molecule has 0 radical (unpaired) electrons. The highest BCUT2D eigenvalue weighted by molar-refractivity contribution is 6.67. The lowest BCUT2D eigenvalue weighted by Gasteiger charge is -2.18. The quantitative estimate of drug-likeness (QED) is 0.434. The first-order chi connectivity index (χ1) is 6.38.